The van der Waals surface area contributed by atoms with Crippen LogP contribution >= 0.6 is 11.6 Å². The van der Waals surface area contributed by atoms with Gasteiger partial charge in [0.05, 0.1) is 5.02 Å². The fourth-order valence-electron chi connectivity index (χ4n) is 1.59. The molecular formula is C12H9ClFNO2. The van der Waals surface area contributed by atoms with Crippen molar-refractivity contribution in [2.24, 2.45) is 0 Å². The monoisotopic (exact) mass is 253 g/mol. The highest BCUT2D eigenvalue weighted by molar-refractivity contribution is 6.31. The van der Waals surface area contributed by atoms with Gasteiger partial charge in [0, 0.05) is 11.6 Å². The third kappa shape index (κ3) is 2.28. The van der Waals surface area contributed by atoms with Crippen molar-refractivity contribution < 1.29 is 14.3 Å². The Balaban J connectivity index is 2.65. The third-order valence-corrected chi connectivity index (χ3v) is 2.63. The molecule has 17 heavy (non-hydrogen) atoms. The summed E-state index contributed by atoms with van der Waals surface area (Å²) < 4.78 is 13.7. The quantitative estimate of drug-likeness (QED) is 0.895. The average Bonchev–Trinajstić information content (AvgIpc) is 2.27. The van der Waals surface area contributed by atoms with Gasteiger partial charge < -0.3 is 5.11 Å². The van der Waals surface area contributed by atoms with Gasteiger partial charge in [-0.2, -0.15) is 0 Å². The number of rotatable bonds is 2. The van der Waals surface area contributed by atoms with E-state index in [-0.39, 0.29) is 11.1 Å². The molecule has 0 aliphatic carbocycles. The predicted octanol–water partition coefficient (Wildman–Crippen LogP) is 2.65. The lowest BCUT2D eigenvalue weighted by atomic mass is 10.0. The number of aliphatic hydroxyl groups is 1. The van der Waals surface area contributed by atoms with E-state index in [0.29, 0.717) is 10.4 Å². The van der Waals surface area contributed by atoms with Crippen molar-refractivity contribution >= 4 is 28.3 Å². The maximum absolute atomic E-state index is 13.7. The highest BCUT2D eigenvalue weighted by atomic mass is 35.5. The molecule has 0 bridgehead atoms. The molecule has 0 spiro atoms. The lowest BCUT2D eigenvalue weighted by Crippen LogP contribution is -2.08. The fourth-order valence-corrected chi connectivity index (χ4v) is 1.76. The second kappa shape index (κ2) is 4.39. The van der Waals surface area contributed by atoms with E-state index in [1.54, 1.807) is 0 Å². The zero-order chi connectivity index (χ0) is 12.6. The van der Waals surface area contributed by atoms with E-state index in [1.807, 2.05) is 0 Å². The number of carbonyl (C=O) groups is 1. The van der Waals surface area contributed by atoms with Crippen LogP contribution in [0.4, 0.5) is 4.39 Å². The summed E-state index contributed by atoms with van der Waals surface area (Å²) in [4.78, 5) is 14.9. The molecule has 0 saturated heterocycles. The average molecular weight is 254 g/mol. The van der Waals surface area contributed by atoms with Crippen LogP contribution in [0.15, 0.2) is 24.4 Å². The topological polar surface area (TPSA) is 50.2 Å². The molecule has 1 heterocycles. The number of hydrogen-bond donors (Lipinski definition) is 1. The van der Waals surface area contributed by atoms with E-state index in [9.17, 15) is 14.3 Å². The van der Waals surface area contributed by atoms with E-state index < -0.39 is 17.7 Å². The summed E-state index contributed by atoms with van der Waals surface area (Å²) in [6.07, 6.45) is 0.0153. The Morgan fingerprint density at radius 1 is 1.47 bits per heavy atom. The summed E-state index contributed by atoms with van der Waals surface area (Å²) in [7, 11) is 0. The lowest BCUT2D eigenvalue weighted by molar-refractivity contribution is -0.125. The van der Waals surface area contributed by atoms with Crippen LogP contribution in [0.3, 0.4) is 0 Å². The van der Waals surface area contributed by atoms with Gasteiger partial charge in [-0.25, -0.2) is 4.39 Å². The Hall–Kier alpha value is -1.52. The van der Waals surface area contributed by atoms with Crippen LogP contribution in [0.5, 0.6) is 0 Å². The molecule has 1 atom stereocenters. The second-order valence-corrected chi connectivity index (χ2v) is 4.18. The molecule has 0 saturated carbocycles. The number of hydrogen-bond acceptors (Lipinski definition) is 3. The molecule has 88 valence electrons. The zero-order valence-electron chi connectivity index (χ0n) is 8.95. The maximum Gasteiger partial charge on any atom is 0.162 e. The standard InChI is InChI=1S/C12H9ClFNO2/c1-6(16)12(17)8-2-7-3-9(13)5-15-11(7)10(14)4-8/h2-5,12,17H,1H3/t12-/m1/s1. The van der Waals surface area contributed by atoms with Crippen LogP contribution in [0.25, 0.3) is 10.9 Å². The minimum Gasteiger partial charge on any atom is -0.381 e. The van der Waals surface area contributed by atoms with E-state index in [2.05, 4.69) is 4.98 Å². The molecule has 2 aromatic rings. The summed E-state index contributed by atoms with van der Waals surface area (Å²) in [5.74, 6) is -1.03. The van der Waals surface area contributed by atoms with Gasteiger partial charge in [0.2, 0.25) is 0 Å². The molecule has 5 heteroatoms. The number of nitrogens with zero attached hydrogens (tertiary/aromatic N) is 1. The zero-order valence-corrected chi connectivity index (χ0v) is 9.70. The smallest absolute Gasteiger partial charge is 0.162 e. The number of fused-ring (bicyclic) bond motifs is 1. The Morgan fingerprint density at radius 2 is 2.18 bits per heavy atom. The summed E-state index contributed by atoms with van der Waals surface area (Å²) in [5, 5.41) is 10.4. The number of benzene rings is 1. The van der Waals surface area contributed by atoms with Gasteiger partial charge in [0.1, 0.15) is 17.4 Å². The first kappa shape index (κ1) is 12.0. The van der Waals surface area contributed by atoms with Gasteiger partial charge in [-0.05, 0) is 30.7 Å². The van der Waals surface area contributed by atoms with Crippen molar-refractivity contribution in [3.8, 4) is 0 Å². The number of aromatic nitrogens is 1. The third-order valence-electron chi connectivity index (χ3n) is 2.43. The number of halogens is 2. The Labute approximate surface area is 102 Å². The van der Waals surface area contributed by atoms with Gasteiger partial charge >= 0.3 is 0 Å². The van der Waals surface area contributed by atoms with Crippen molar-refractivity contribution in [2.45, 2.75) is 13.0 Å². The SMILES string of the molecule is CC(=O)[C@@H](O)c1cc(F)c2ncc(Cl)cc2c1. The van der Waals surface area contributed by atoms with Crippen LogP contribution < -0.4 is 0 Å². The van der Waals surface area contributed by atoms with Gasteiger partial charge in [-0.1, -0.05) is 11.6 Å². The van der Waals surface area contributed by atoms with Crippen LogP contribution in [0.2, 0.25) is 5.02 Å². The highest BCUT2D eigenvalue weighted by Gasteiger charge is 2.15. The molecule has 2 rings (SSSR count). The predicted molar refractivity (Wildman–Crippen MR) is 62.4 cm³/mol. The van der Waals surface area contributed by atoms with Crippen molar-refractivity contribution in [1.29, 1.82) is 0 Å². The number of Topliss-reactive ketones (excluding diaryl/α,β-unsaturated/α-hetero) is 1. The van der Waals surface area contributed by atoms with E-state index in [0.717, 1.165) is 6.07 Å². The molecule has 0 radical (unpaired) electrons. The normalized spacial score (nSPS) is 12.7. The van der Waals surface area contributed by atoms with Crippen molar-refractivity contribution in [3.63, 3.8) is 0 Å². The molecule has 1 N–H and O–H groups in total. The number of aliphatic hydroxyl groups excluding tert-OH is 1. The summed E-state index contributed by atoms with van der Waals surface area (Å²) in [6, 6.07) is 4.14. The van der Waals surface area contributed by atoms with Crippen molar-refractivity contribution in [1.82, 2.24) is 4.98 Å². The molecule has 0 aliphatic heterocycles. The molecule has 0 aliphatic rings. The first-order chi connectivity index (χ1) is 7.99. The number of carbonyl (C=O) groups excluding carboxylic acids is 1. The Bertz CT molecular complexity index is 600. The van der Waals surface area contributed by atoms with Crippen molar-refractivity contribution in [2.75, 3.05) is 0 Å². The second-order valence-electron chi connectivity index (χ2n) is 3.74. The Morgan fingerprint density at radius 3 is 2.82 bits per heavy atom. The highest BCUT2D eigenvalue weighted by Crippen LogP contribution is 2.24. The summed E-state index contributed by atoms with van der Waals surface area (Å²) in [6.45, 7) is 1.24. The van der Waals surface area contributed by atoms with Crippen LogP contribution in [0, 0.1) is 5.82 Å². The largest absolute Gasteiger partial charge is 0.381 e. The van der Waals surface area contributed by atoms with Gasteiger partial charge in [-0.3, -0.25) is 9.78 Å². The van der Waals surface area contributed by atoms with Crippen LogP contribution in [-0.2, 0) is 4.79 Å². The lowest BCUT2D eigenvalue weighted by Gasteiger charge is -2.09. The number of ketones is 1. The molecule has 0 amide bonds. The minimum absolute atomic E-state index is 0.161. The van der Waals surface area contributed by atoms with Crippen LogP contribution in [-0.4, -0.2) is 15.9 Å². The molecule has 0 unspecified atom stereocenters. The summed E-state index contributed by atoms with van der Waals surface area (Å²) in [5.41, 5.74) is 0.362. The van der Waals surface area contributed by atoms with Gasteiger partial charge in [0.25, 0.3) is 0 Å². The molecule has 1 aromatic heterocycles. The molecule has 0 fully saturated rings. The van der Waals surface area contributed by atoms with Gasteiger partial charge in [-0.15, -0.1) is 0 Å². The van der Waals surface area contributed by atoms with Crippen LogP contribution in [0.1, 0.15) is 18.6 Å². The van der Waals surface area contributed by atoms with E-state index >= 15 is 0 Å². The first-order valence-electron chi connectivity index (χ1n) is 4.92. The van der Waals surface area contributed by atoms with Crippen molar-refractivity contribution in [3.05, 3.63) is 40.8 Å². The molecule has 3 nitrogen and oxygen atoms in total. The molecule has 1 aromatic carbocycles. The van der Waals surface area contributed by atoms with Gasteiger partial charge in [0.15, 0.2) is 5.78 Å². The maximum atomic E-state index is 13.7. The fraction of sp³-hybridized carbons (Fsp3) is 0.167. The minimum atomic E-state index is -1.33. The first-order valence-corrected chi connectivity index (χ1v) is 5.30. The Kier molecular flexibility index (Phi) is 3.09. The van der Waals surface area contributed by atoms with E-state index in [4.69, 9.17) is 11.6 Å². The number of pyridine rings is 1. The molecular weight excluding hydrogens is 245 g/mol. The van der Waals surface area contributed by atoms with E-state index in [1.165, 1.54) is 25.3 Å². The summed E-state index contributed by atoms with van der Waals surface area (Å²) >= 11 is 5.75.